The molecule has 0 fully saturated rings. The van der Waals surface area contributed by atoms with Gasteiger partial charge in [-0.25, -0.2) is 0 Å². The highest BCUT2D eigenvalue weighted by molar-refractivity contribution is 6.04. The van der Waals surface area contributed by atoms with Crippen LogP contribution in [0.15, 0.2) is 224 Å². The van der Waals surface area contributed by atoms with Crippen LogP contribution < -0.4 is 4.90 Å². The smallest absolute Gasteiger partial charge is 0.0645 e. The zero-order valence-corrected chi connectivity index (χ0v) is 28.7. The van der Waals surface area contributed by atoms with Crippen molar-refractivity contribution < 1.29 is 11.0 Å². The molecule has 0 heterocycles. The monoisotopic (exact) mass is 683 g/mol. The van der Waals surface area contributed by atoms with Crippen molar-refractivity contribution >= 4 is 27.8 Å². The zero-order valence-electron chi connectivity index (χ0n) is 36.7. The first-order valence-corrected chi connectivity index (χ1v) is 17.5. The molecule has 0 amide bonds. The predicted molar refractivity (Wildman–Crippen MR) is 226 cm³/mol. The molecule has 0 aromatic heterocycles. The molecule has 0 atom stereocenters. The van der Waals surface area contributed by atoms with Gasteiger partial charge in [-0.15, -0.1) is 0 Å². The summed E-state index contributed by atoms with van der Waals surface area (Å²) in [5.41, 5.74) is 6.55. The van der Waals surface area contributed by atoms with E-state index < -0.39 is 24.2 Å². The van der Waals surface area contributed by atoms with E-state index in [0.29, 0.717) is 16.8 Å². The second-order valence-electron chi connectivity index (χ2n) is 12.7. The molecule has 0 bridgehead atoms. The van der Waals surface area contributed by atoms with Crippen LogP contribution >= 0.6 is 0 Å². The normalized spacial score (nSPS) is 13.1. The Balaban J connectivity index is 1.26. The second-order valence-corrected chi connectivity index (χ2v) is 12.7. The standard InChI is InChI=1S/C52H37N/c1-5-15-39(16-6-1)48-35-30-44(37-51(48)40-17-7-2-8-18-40)38-25-31-46(32-26-38)53(45-22-11-4-12-23-45)47-33-27-42(28-34-47)50-36-29-41-19-13-14-24-49(41)52(50)43-20-9-3-10-21-43/h1-37H/i25D,26D,27D,28D,31D,32D,33D,34D. The van der Waals surface area contributed by atoms with E-state index in [2.05, 4.69) is 0 Å². The van der Waals surface area contributed by atoms with Crippen molar-refractivity contribution in [2.24, 2.45) is 0 Å². The highest BCUT2D eigenvalue weighted by atomic mass is 15.1. The Hall–Kier alpha value is -6.96. The van der Waals surface area contributed by atoms with Gasteiger partial charge in [-0.1, -0.05) is 182 Å². The molecular weight excluding hydrogens is 639 g/mol. The number of hydrogen-bond acceptors (Lipinski definition) is 1. The Morgan fingerprint density at radius 3 is 1.42 bits per heavy atom. The van der Waals surface area contributed by atoms with E-state index in [-0.39, 0.29) is 46.7 Å². The summed E-state index contributed by atoms with van der Waals surface area (Å²) in [4.78, 5) is 1.33. The molecular formula is C52H37N. The van der Waals surface area contributed by atoms with Gasteiger partial charge < -0.3 is 4.90 Å². The molecule has 0 saturated heterocycles. The van der Waals surface area contributed by atoms with Crippen LogP contribution in [0.3, 0.4) is 0 Å². The van der Waals surface area contributed by atoms with Crippen molar-refractivity contribution in [1.29, 1.82) is 0 Å². The van der Waals surface area contributed by atoms with Crippen LogP contribution in [0.2, 0.25) is 0 Å². The van der Waals surface area contributed by atoms with Crippen molar-refractivity contribution in [1.82, 2.24) is 0 Å². The van der Waals surface area contributed by atoms with Crippen molar-refractivity contribution in [2.45, 2.75) is 0 Å². The van der Waals surface area contributed by atoms with E-state index in [0.717, 1.165) is 44.2 Å². The van der Waals surface area contributed by atoms with Crippen LogP contribution in [-0.4, -0.2) is 0 Å². The average Bonchev–Trinajstić information content (AvgIpc) is 3.31. The maximum atomic E-state index is 9.56. The maximum absolute atomic E-state index is 9.56. The average molecular weight is 684 g/mol. The van der Waals surface area contributed by atoms with Gasteiger partial charge >= 0.3 is 0 Å². The van der Waals surface area contributed by atoms with E-state index in [4.69, 9.17) is 0 Å². The lowest BCUT2D eigenvalue weighted by Gasteiger charge is -2.26. The Labute approximate surface area is 323 Å². The molecule has 9 rings (SSSR count). The first kappa shape index (κ1) is 24.3. The quantitative estimate of drug-likeness (QED) is 0.154. The lowest BCUT2D eigenvalue weighted by atomic mass is 9.90. The van der Waals surface area contributed by atoms with E-state index in [1.54, 1.807) is 30.3 Å². The van der Waals surface area contributed by atoms with Crippen LogP contribution in [0.1, 0.15) is 11.0 Å². The Morgan fingerprint density at radius 2 is 0.792 bits per heavy atom. The molecule has 0 aliphatic carbocycles. The highest BCUT2D eigenvalue weighted by Gasteiger charge is 2.16. The fraction of sp³-hybridized carbons (Fsp3) is 0. The molecule has 0 aliphatic rings. The van der Waals surface area contributed by atoms with Crippen LogP contribution in [0.25, 0.3) is 66.4 Å². The molecule has 0 unspecified atom stereocenters. The first-order chi connectivity index (χ1) is 29.7. The fourth-order valence-corrected chi connectivity index (χ4v) is 6.88. The molecule has 1 nitrogen and oxygen atoms in total. The fourth-order valence-electron chi connectivity index (χ4n) is 6.88. The summed E-state index contributed by atoms with van der Waals surface area (Å²) < 4.78 is 76.1. The van der Waals surface area contributed by atoms with E-state index in [9.17, 15) is 11.0 Å². The van der Waals surface area contributed by atoms with Gasteiger partial charge in [-0.3, -0.25) is 0 Å². The minimum Gasteiger partial charge on any atom is -0.311 e. The minimum atomic E-state index is -0.393. The Kier molecular flexibility index (Phi) is 6.57. The van der Waals surface area contributed by atoms with E-state index in [1.807, 2.05) is 146 Å². The molecule has 0 spiro atoms. The minimum absolute atomic E-state index is 0.100. The van der Waals surface area contributed by atoms with Crippen LogP contribution in [0.5, 0.6) is 0 Å². The van der Waals surface area contributed by atoms with Gasteiger partial charge in [0.25, 0.3) is 0 Å². The number of para-hydroxylation sites is 1. The summed E-state index contributed by atoms with van der Waals surface area (Å²) >= 11 is 0. The van der Waals surface area contributed by atoms with Gasteiger partial charge in [0.2, 0.25) is 0 Å². The molecule has 0 radical (unpaired) electrons. The van der Waals surface area contributed by atoms with E-state index >= 15 is 0 Å². The molecule has 0 aliphatic heterocycles. The van der Waals surface area contributed by atoms with Gasteiger partial charge in [0.1, 0.15) is 0 Å². The Morgan fingerprint density at radius 1 is 0.302 bits per heavy atom. The lowest BCUT2D eigenvalue weighted by molar-refractivity contribution is 1.28. The highest BCUT2D eigenvalue weighted by Crippen LogP contribution is 2.41. The molecule has 1 heteroatoms. The van der Waals surface area contributed by atoms with Gasteiger partial charge in [-0.05, 0) is 109 Å². The summed E-state index contributed by atoms with van der Waals surface area (Å²) in [6, 6.07) is 52.5. The Bertz CT molecular complexity index is 3040. The predicted octanol–water partition coefficient (Wildman–Crippen LogP) is 14.6. The van der Waals surface area contributed by atoms with Crippen molar-refractivity contribution in [3.8, 4) is 55.6 Å². The second kappa shape index (κ2) is 14.3. The van der Waals surface area contributed by atoms with Gasteiger partial charge in [0.05, 0.1) is 11.0 Å². The van der Waals surface area contributed by atoms with E-state index in [1.165, 1.54) is 4.90 Å². The summed E-state index contributed by atoms with van der Waals surface area (Å²) in [7, 11) is 0. The molecule has 9 aromatic carbocycles. The number of benzene rings is 9. The molecule has 250 valence electrons. The number of hydrogen-bond donors (Lipinski definition) is 0. The summed E-state index contributed by atoms with van der Waals surface area (Å²) in [5, 5.41) is 1.86. The number of nitrogens with zero attached hydrogens (tertiary/aromatic N) is 1. The molecule has 9 aromatic rings. The van der Waals surface area contributed by atoms with Crippen molar-refractivity contribution in [3.05, 3.63) is 224 Å². The molecule has 0 saturated carbocycles. The van der Waals surface area contributed by atoms with Crippen LogP contribution in [-0.2, 0) is 0 Å². The van der Waals surface area contributed by atoms with Gasteiger partial charge in [0.15, 0.2) is 0 Å². The lowest BCUT2D eigenvalue weighted by Crippen LogP contribution is -2.09. The summed E-state index contributed by atoms with van der Waals surface area (Å²) in [6.07, 6.45) is 0. The third-order valence-corrected chi connectivity index (χ3v) is 9.42. The van der Waals surface area contributed by atoms with Crippen molar-refractivity contribution in [2.75, 3.05) is 4.90 Å². The first-order valence-electron chi connectivity index (χ1n) is 21.5. The largest absolute Gasteiger partial charge is 0.311 e. The summed E-state index contributed by atoms with van der Waals surface area (Å²) in [5.74, 6) is 0. The van der Waals surface area contributed by atoms with Gasteiger partial charge in [-0.2, -0.15) is 0 Å². The van der Waals surface area contributed by atoms with Gasteiger partial charge in [0, 0.05) is 17.1 Å². The number of anilines is 3. The van der Waals surface area contributed by atoms with Crippen LogP contribution in [0.4, 0.5) is 17.1 Å². The summed E-state index contributed by atoms with van der Waals surface area (Å²) in [6.45, 7) is 0. The maximum Gasteiger partial charge on any atom is 0.0645 e. The SMILES string of the molecule is [2H]c1c([2H])c(N(c2ccccc2)c2c([2H])c([2H])c(-c3ccc4ccccc4c3-c3ccccc3)c([2H])c2[2H])c([2H])c([2H])c1-c1ccc(-c2ccccc2)c(-c2ccccc2)c1. The molecule has 53 heavy (non-hydrogen) atoms. The third kappa shape index (κ3) is 6.42. The third-order valence-electron chi connectivity index (χ3n) is 9.42. The zero-order chi connectivity index (χ0) is 42.4. The topological polar surface area (TPSA) is 3.24 Å². The number of fused-ring (bicyclic) bond motifs is 1. The number of rotatable bonds is 8. The van der Waals surface area contributed by atoms with Crippen molar-refractivity contribution in [3.63, 3.8) is 0 Å². The van der Waals surface area contributed by atoms with Crippen LogP contribution in [0, 0.1) is 0 Å². The molecule has 0 N–H and O–H groups in total.